The lowest BCUT2D eigenvalue weighted by Gasteiger charge is -2.21. The number of benzene rings is 2. The van der Waals surface area contributed by atoms with E-state index < -0.39 is 17.6 Å². The Bertz CT molecular complexity index is 952. The molecule has 1 amide bonds. The summed E-state index contributed by atoms with van der Waals surface area (Å²) in [7, 11) is 0. The van der Waals surface area contributed by atoms with Gasteiger partial charge in [0.05, 0.1) is 0 Å². The van der Waals surface area contributed by atoms with Gasteiger partial charge < -0.3 is 14.7 Å². The number of carboxylic acid groups (broad SMARTS) is 1. The Hall–Kier alpha value is -3.51. The maximum Gasteiger partial charge on any atom is 0.409 e. The quantitative estimate of drug-likeness (QED) is 0.495. The number of carbonyl (C=O) groups excluding carboxylic acids is 1. The van der Waals surface area contributed by atoms with Crippen LogP contribution in [0.5, 0.6) is 0 Å². The summed E-state index contributed by atoms with van der Waals surface area (Å²) in [6, 6.07) is 16.0. The minimum absolute atomic E-state index is 0.0661. The van der Waals surface area contributed by atoms with Crippen LogP contribution in [0.1, 0.15) is 23.5 Å². The van der Waals surface area contributed by atoms with Crippen molar-refractivity contribution < 1.29 is 19.4 Å². The van der Waals surface area contributed by atoms with Crippen LogP contribution in [0, 0.1) is 0 Å². The van der Waals surface area contributed by atoms with Crippen LogP contribution in [0.3, 0.4) is 0 Å². The minimum Gasteiger partial charge on any atom is -0.481 e. The molecule has 1 fully saturated rings. The van der Waals surface area contributed by atoms with Crippen LogP contribution >= 0.6 is 0 Å². The third-order valence-electron chi connectivity index (χ3n) is 5.48. The fourth-order valence-electron chi connectivity index (χ4n) is 4.02. The van der Waals surface area contributed by atoms with Gasteiger partial charge in [0.15, 0.2) is 5.54 Å². The minimum atomic E-state index is -1.62. The average molecular weight is 378 g/mol. The molecule has 0 aromatic heterocycles. The van der Waals surface area contributed by atoms with Crippen molar-refractivity contribution in [2.45, 2.75) is 17.9 Å². The molecular formula is C20H18N4O4. The highest BCUT2D eigenvalue weighted by Gasteiger charge is 2.46. The van der Waals surface area contributed by atoms with Crippen LogP contribution in [0.4, 0.5) is 4.79 Å². The van der Waals surface area contributed by atoms with Crippen molar-refractivity contribution in [2.24, 2.45) is 5.11 Å². The van der Waals surface area contributed by atoms with Gasteiger partial charge in [0.2, 0.25) is 0 Å². The molecular weight excluding hydrogens is 360 g/mol. The lowest BCUT2D eigenvalue weighted by molar-refractivity contribution is -0.142. The van der Waals surface area contributed by atoms with E-state index in [0.717, 1.165) is 22.3 Å². The van der Waals surface area contributed by atoms with Crippen molar-refractivity contribution in [3.05, 3.63) is 70.1 Å². The van der Waals surface area contributed by atoms with Crippen LogP contribution in [0.15, 0.2) is 53.6 Å². The van der Waals surface area contributed by atoms with E-state index in [9.17, 15) is 14.7 Å². The number of fused-ring (bicyclic) bond motifs is 3. The van der Waals surface area contributed by atoms with Crippen LogP contribution in [-0.4, -0.2) is 47.3 Å². The Labute approximate surface area is 161 Å². The first-order chi connectivity index (χ1) is 13.6. The molecule has 1 aliphatic carbocycles. The molecule has 2 aromatic rings. The predicted molar refractivity (Wildman–Crippen MR) is 101 cm³/mol. The fraction of sp³-hybridized carbons (Fsp3) is 0.300. The highest BCUT2D eigenvalue weighted by Crippen LogP contribution is 2.44. The van der Waals surface area contributed by atoms with Crippen molar-refractivity contribution in [1.82, 2.24) is 4.90 Å². The molecule has 4 rings (SSSR count). The van der Waals surface area contributed by atoms with E-state index in [1.54, 1.807) is 0 Å². The Morgan fingerprint density at radius 1 is 1.18 bits per heavy atom. The van der Waals surface area contributed by atoms with E-state index in [-0.39, 0.29) is 32.0 Å². The average Bonchev–Trinajstić information content (AvgIpc) is 3.27. The number of nitrogens with zero attached hydrogens (tertiary/aromatic N) is 4. The number of amides is 1. The van der Waals surface area contributed by atoms with Gasteiger partial charge in [-0.25, -0.2) is 4.79 Å². The molecule has 0 saturated carbocycles. The van der Waals surface area contributed by atoms with E-state index in [0.29, 0.717) is 0 Å². The van der Waals surface area contributed by atoms with Gasteiger partial charge in [-0.2, -0.15) is 0 Å². The third-order valence-corrected chi connectivity index (χ3v) is 5.48. The molecule has 142 valence electrons. The van der Waals surface area contributed by atoms with Crippen LogP contribution in [0.2, 0.25) is 0 Å². The summed E-state index contributed by atoms with van der Waals surface area (Å²) >= 11 is 0. The van der Waals surface area contributed by atoms with Crippen molar-refractivity contribution in [3.63, 3.8) is 0 Å². The summed E-state index contributed by atoms with van der Waals surface area (Å²) in [6.45, 7) is 0.135. The van der Waals surface area contributed by atoms with Crippen molar-refractivity contribution in [2.75, 3.05) is 19.7 Å². The molecule has 0 bridgehead atoms. The molecule has 1 aliphatic heterocycles. The zero-order chi connectivity index (χ0) is 19.7. The largest absolute Gasteiger partial charge is 0.481 e. The number of azide groups is 1. The summed E-state index contributed by atoms with van der Waals surface area (Å²) in [6.07, 6.45) is -0.533. The number of ether oxygens (including phenoxy) is 1. The van der Waals surface area contributed by atoms with Gasteiger partial charge >= 0.3 is 12.1 Å². The second-order valence-corrected chi connectivity index (χ2v) is 7.00. The highest BCUT2D eigenvalue weighted by molar-refractivity contribution is 5.82. The van der Waals surface area contributed by atoms with Gasteiger partial charge in [-0.05, 0) is 34.2 Å². The number of rotatable bonds is 4. The first kappa shape index (κ1) is 17.9. The van der Waals surface area contributed by atoms with E-state index in [1.165, 1.54) is 4.90 Å². The zero-order valence-electron chi connectivity index (χ0n) is 15.0. The summed E-state index contributed by atoms with van der Waals surface area (Å²) in [4.78, 5) is 27.9. The van der Waals surface area contributed by atoms with Gasteiger partial charge in [0.25, 0.3) is 0 Å². The van der Waals surface area contributed by atoms with Crippen molar-refractivity contribution in [3.8, 4) is 11.1 Å². The van der Waals surface area contributed by atoms with Crippen LogP contribution < -0.4 is 0 Å². The molecule has 1 atom stereocenters. The maximum atomic E-state index is 12.5. The molecule has 0 radical (unpaired) electrons. The number of likely N-dealkylation sites (tertiary alicyclic amines) is 1. The molecule has 1 heterocycles. The smallest absolute Gasteiger partial charge is 0.409 e. The zero-order valence-corrected chi connectivity index (χ0v) is 15.0. The van der Waals surface area contributed by atoms with Crippen molar-refractivity contribution >= 4 is 12.1 Å². The third kappa shape index (κ3) is 2.84. The molecule has 0 spiro atoms. The fourth-order valence-corrected chi connectivity index (χ4v) is 4.02. The first-order valence-electron chi connectivity index (χ1n) is 8.95. The summed E-state index contributed by atoms with van der Waals surface area (Å²) < 4.78 is 5.53. The van der Waals surface area contributed by atoms with Crippen LogP contribution in [-0.2, 0) is 9.53 Å². The number of carboxylic acids is 1. The van der Waals surface area contributed by atoms with Crippen molar-refractivity contribution in [1.29, 1.82) is 0 Å². The molecule has 1 saturated heterocycles. The van der Waals surface area contributed by atoms with E-state index in [1.807, 2.05) is 36.4 Å². The summed E-state index contributed by atoms with van der Waals surface area (Å²) in [5.41, 5.74) is 11.5. The summed E-state index contributed by atoms with van der Waals surface area (Å²) in [5.74, 6) is -1.31. The van der Waals surface area contributed by atoms with Gasteiger partial charge in [0.1, 0.15) is 6.61 Å². The molecule has 2 aliphatic rings. The second-order valence-electron chi connectivity index (χ2n) is 7.00. The SMILES string of the molecule is [N-]=[N+]=NC1(C(=O)O)CCN(C(=O)OCC2c3ccccc3-c3ccccc32)C1. The number of hydrogen-bond donors (Lipinski definition) is 1. The van der Waals surface area contributed by atoms with Gasteiger partial charge in [-0.3, -0.25) is 4.79 Å². The first-order valence-corrected chi connectivity index (χ1v) is 8.95. The molecule has 8 nitrogen and oxygen atoms in total. The molecule has 2 aromatic carbocycles. The number of carbonyl (C=O) groups is 2. The Balaban J connectivity index is 1.49. The van der Waals surface area contributed by atoms with E-state index in [4.69, 9.17) is 10.3 Å². The lowest BCUT2D eigenvalue weighted by atomic mass is 9.98. The number of aliphatic carboxylic acids is 1. The summed E-state index contributed by atoms with van der Waals surface area (Å²) in [5, 5.41) is 12.8. The van der Waals surface area contributed by atoms with Gasteiger partial charge in [-0.1, -0.05) is 53.6 Å². The monoisotopic (exact) mass is 378 g/mol. The normalized spacial score (nSPS) is 20.2. The second kappa shape index (κ2) is 6.90. The topological polar surface area (TPSA) is 116 Å². The van der Waals surface area contributed by atoms with Gasteiger partial charge in [-0.15, -0.1) is 0 Å². The van der Waals surface area contributed by atoms with Crippen LogP contribution in [0.25, 0.3) is 21.6 Å². The molecule has 28 heavy (non-hydrogen) atoms. The number of hydrogen-bond acceptors (Lipinski definition) is 4. The predicted octanol–water partition coefficient (Wildman–Crippen LogP) is 3.77. The van der Waals surface area contributed by atoms with Gasteiger partial charge in [0, 0.05) is 23.9 Å². The molecule has 1 N–H and O–H groups in total. The standard InChI is InChI=1S/C20H18N4O4/c21-23-22-20(18(25)26)9-10-24(12-20)19(27)28-11-17-15-7-3-1-5-13(15)14-6-2-4-8-16(14)17/h1-8,17H,9-12H2,(H,25,26). The van der Waals surface area contributed by atoms with E-state index in [2.05, 4.69) is 22.2 Å². The highest BCUT2D eigenvalue weighted by atomic mass is 16.6. The Morgan fingerprint density at radius 2 is 1.79 bits per heavy atom. The Kier molecular flexibility index (Phi) is 4.41. The van der Waals surface area contributed by atoms with E-state index >= 15 is 0 Å². The Morgan fingerprint density at radius 3 is 2.36 bits per heavy atom. The molecule has 8 heteroatoms. The lowest BCUT2D eigenvalue weighted by Crippen LogP contribution is -2.41. The molecule has 1 unspecified atom stereocenters. The maximum absolute atomic E-state index is 12.5.